The second-order valence-electron chi connectivity index (χ2n) is 7.71. The van der Waals surface area contributed by atoms with Crippen LogP contribution in [0.2, 0.25) is 0 Å². The summed E-state index contributed by atoms with van der Waals surface area (Å²) in [5, 5.41) is 4.26. The Hall–Kier alpha value is -2.53. The van der Waals surface area contributed by atoms with Gasteiger partial charge < -0.3 is 4.52 Å². The van der Waals surface area contributed by atoms with Crippen LogP contribution in [0.1, 0.15) is 49.0 Å². The van der Waals surface area contributed by atoms with Crippen molar-refractivity contribution in [3.05, 3.63) is 66.3 Å². The molecular weight excluding hydrogens is 336 g/mol. The lowest BCUT2D eigenvalue weighted by molar-refractivity contribution is 0.237. The Balaban J connectivity index is 1.45. The van der Waals surface area contributed by atoms with Crippen molar-refractivity contribution in [1.82, 2.24) is 20.0 Å². The molecule has 5 nitrogen and oxygen atoms in total. The van der Waals surface area contributed by atoms with Gasteiger partial charge in [0.1, 0.15) is 0 Å². The van der Waals surface area contributed by atoms with Crippen molar-refractivity contribution in [3.8, 4) is 11.4 Å². The van der Waals surface area contributed by atoms with Gasteiger partial charge in [0.25, 0.3) is 0 Å². The second kappa shape index (κ2) is 7.24. The van der Waals surface area contributed by atoms with Crippen LogP contribution >= 0.6 is 0 Å². The number of aromatic nitrogens is 3. The summed E-state index contributed by atoms with van der Waals surface area (Å²) < 4.78 is 5.76. The van der Waals surface area contributed by atoms with Gasteiger partial charge in [0.15, 0.2) is 0 Å². The fourth-order valence-electron chi connectivity index (χ4n) is 4.68. The van der Waals surface area contributed by atoms with Crippen molar-refractivity contribution in [2.75, 3.05) is 13.1 Å². The van der Waals surface area contributed by atoms with Crippen LogP contribution in [0.3, 0.4) is 0 Å². The van der Waals surface area contributed by atoms with Crippen LogP contribution in [0.25, 0.3) is 11.4 Å². The predicted octanol–water partition coefficient (Wildman–Crippen LogP) is 4.26. The molecule has 2 aliphatic rings. The molecule has 2 fully saturated rings. The van der Waals surface area contributed by atoms with Gasteiger partial charge >= 0.3 is 0 Å². The standard InChI is InChI=1S/C22H24N4O/c1-2-7-16(8-3-1)21-24-22(27-25-21)20-15-26(18-10-4-5-11-18)14-19(20)17-9-6-12-23-13-17/h1-3,6-9,12-13,18-20H,4-5,10-11,14-15H2/t19-,20+/m0/s1. The summed E-state index contributed by atoms with van der Waals surface area (Å²) in [5.74, 6) is 2.00. The minimum atomic E-state index is 0.222. The molecule has 1 aliphatic heterocycles. The number of rotatable bonds is 4. The molecule has 0 spiro atoms. The predicted molar refractivity (Wildman–Crippen MR) is 103 cm³/mol. The van der Waals surface area contributed by atoms with Crippen LogP contribution in [-0.4, -0.2) is 39.2 Å². The van der Waals surface area contributed by atoms with Gasteiger partial charge in [-0.25, -0.2) is 0 Å². The summed E-state index contributed by atoms with van der Waals surface area (Å²) in [7, 11) is 0. The van der Waals surface area contributed by atoms with E-state index in [0.29, 0.717) is 17.8 Å². The highest BCUT2D eigenvalue weighted by Crippen LogP contribution is 2.42. The molecule has 0 amide bonds. The Morgan fingerprint density at radius 2 is 1.74 bits per heavy atom. The van der Waals surface area contributed by atoms with Gasteiger partial charge in [-0.1, -0.05) is 54.4 Å². The van der Waals surface area contributed by atoms with E-state index in [1.54, 1.807) is 0 Å². The lowest BCUT2D eigenvalue weighted by Crippen LogP contribution is -2.31. The summed E-state index contributed by atoms with van der Waals surface area (Å²) in [6.45, 7) is 2.03. The molecule has 1 aliphatic carbocycles. The van der Waals surface area contributed by atoms with Crippen LogP contribution < -0.4 is 0 Å². The molecule has 2 atom stereocenters. The molecule has 2 aromatic heterocycles. The van der Waals surface area contributed by atoms with Crippen molar-refractivity contribution in [2.24, 2.45) is 0 Å². The maximum absolute atomic E-state index is 5.76. The minimum Gasteiger partial charge on any atom is -0.339 e. The molecule has 27 heavy (non-hydrogen) atoms. The molecule has 5 rings (SSSR count). The molecule has 1 saturated carbocycles. The van der Waals surface area contributed by atoms with E-state index in [-0.39, 0.29) is 5.92 Å². The third-order valence-electron chi connectivity index (χ3n) is 6.09. The fourth-order valence-corrected chi connectivity index (χ4v) is 4.68. The van der Waals surface area contributed by atoms with Crippen molar-refractivity contribution in [1.29, 1.82) is 0 Å². The Morgan fingerprint density at radius 1 is 0.926 bits per heavy atom. The topological polar surface area (TPSA) is 55.1 Å². The molecule has 0 radical (unpaired) electrons. The maximum atomic E-state index is 5.76. The first-order valence-corrected chi connectivity index (χ1v) is 9.91. The Labute approximate surface area is 159 Å². The van der Waals surface area contributed by atoms with Crippen LogP contribution in [0.4, 0.5) is 0 Å². The molecule has 138 valence electrons. The van der Waals surface area contributed by atoms with E-state index >= 15 is 0 Å². The van der Waals surface area contributed by atoms with Gasteiger partial charge in [-0.2, -0.15) is 4.98 Å². The Bertz CT molecular complexity index is 874. The van der Waals surface area contributed by atoms with Gasteiger partial charge in [-0.15, -0.1) is 0 Å². The lowest BCUT2D eigenvalue weighted by atomic mass is 9.90. The lowest BCUT2D eigenvalue weighted by Gasteiger charge is -2.23. The molecular formula is C22H24N4O. The summed E-state index contributed by atoms with van der Waals surface area (Å²) >= 11 is 0. The highest BCUT2D eigenvalue weighted by atomic mass is 16.5. The SMILES string of the molecule is c1ccc(-c2noc([C@@H]3CN(C4CCCC4)C[C@H]3c3cccnc3)n2)cc1. The summed E-state index contributed by atoms with van der Waals surface area (Å²) in [4.78, 5) is 11.8. The number of benzene rings is 1. The van der Waals surface area contributed by atoms with Gasteiger partial charge in [0.2, 0.25) is 11.7 Å². The highest BCUT2D eigenvalue weighted by Gasteiger charge is 2.41. The zero-order chi connectivity index (χ0) is 18.1. The largest absolute Gasteiger partial charge is 0.339 e. The van der Waals surface area contributed by atoms with Gasteiger partial charge in [-0.05, 0) is 24.5 Å². The minimum absolute atomic E-state index is 0.222. The van der Waals surface area contributed by atoms with Gasteiger partial charge in [-0.3, -0.25) is 9.88 Å². The first-order chi connectivity index (χ1) is 13.4. The van der Waals surface area contributed by atoms with Crippen LogP contribution in [0.5, 0.6) is 0 Å². The molecule has 1 aromatic carbocycles. The third kappa shape index (κ3) is 3.28. The van der Waals surface area contributed by atoms with Crippen molar-refractivity contribution in [3.63, 3.8) is 0 Å². The smallest absolute Gasteiger partial charge is 0.232 e. The van der Waals surface area contributed by atoms with E-state index in [9.17, 15) is 0 Å². The second-order valence-corrected chi connectivity index (χ2v) is 7.71. The molecule has 0 unspecified atom stereocenters. The zero-order valence-electron chi connectivity index (χ0n) is 15.4. The van der Waals surface area contributed by atoms with Gasteiger partial charge in [0.05, 0.1) is 5.92 Å². The van der Waals surface area contributed by atoms with Gasteiger partial charge in [0, 0.05) is 43.0 Å². The van der Waals surface area contributed by atoms with E-state index in [0.717, 1.165) is 24.5 Å². The molecule has 1 saturated heterocycles. The molecule has 0 bridgehead atoms. The number of pyridine rings is 1. The third-order valence-corrected chi connectivity index (χ3v) is 6.09. The van der Waals surface area contributed by atoms with Crippen LogP contribution in [-0.2, 0) is 0 Å². The van der Waals surface area contributed by atoms with E-state index in [1.807, 2.05) is 48.8 Å². The Kier molecular flexibility index (Phi) is 4.46. The van der Waals surface area contributed by atoms with Crippen molar-refractivity contribution >= 4 is 0 Å². The summed E-state index contributed by atoms with van der Waals surface area (Å²) in [5.41, 5.74) is 2.26. The molecule has 0 N–H and O–H groups in total. The van der Waals surface area contributed by atoms with E-state index in [2.05, 4.69) is 21.1 Å². The number of likely N-dealkylation sites (tertiary alicyclic amines) is 1. The maximum Gasteiger partial charge on any atom is 0.232 e. The number of hydrogen-bond donors (Lipinski definition) is 0. The van der Waals surface area contributed by atoms with Crippen molar-refractivity contribution in [2.45, 2.75) is 43.6 Å². The van der Waals surface area contributed by atoms with E-state index < -0.39 is 0 Å². The molecule has 5 heteroatoms. The van der Waals surface area contributed by atoms with Crippen LogP contribution in [0, 0.1) is 0 Å². The number of nitrogens with zero attached hydrogens (tertiary/aromatic N) is 4. The fraction of sp³-hybridized carbons (Fsp3) is 0.409. The molecule has 3 aromatic rings. The highest BCUT2D eigenvalue weighted by molar-refractivity contribution is 5.53. The number of hydrogen-bond acceptors (Lipinski definition) is 5. The molecule has 3 heterocycles. The van der Waals surface area contributed by atoms with E-state index in [4.69, 9.17) is 9.51 Å². The quantitative estimate of drug-likeness (QED) is 0.696. The van der Waals surface area contributed by atoms with Crippen molar-refractivity contribution < 1.29 is 4.52 Å². The first-order valence-electron chi connectivity index (χ1n) is 9.91. The average Bonchev–Trinajstić information content (AvgIpc) is 3.49. The normalized spacial score (nSPS) is 23.9. The summed E-state index contributed by atoms with van der Waals surface area (Å²) in [6, 6.07) is 14.9. The first kappa shape index (κ1) is 16.6. The monoisotopic (exact) mass is 360 g/mol. The van der Waals surface area contributed by atoms with E-state index in [1.165, 1.54) is 31.2 Å². The zero-order valence-corrected chi connectivity index (χ0v) is 15.4. The summed E-state index contributed by atoms with van der Waals surface area (Å²) in [6.07, 6.45) is 9.15. The van der Waals surface area contributed by atoms with Crippen LogP contribution in [0.15, 0.2) is 59.4 Å². The Morgan fingerprint density at radius 3 is 2.52 bits per heavy atom. The average molecular weight is 360 g/mol.